The van der Waals surface area contributed by atoms with Crippen LogP contribution in [0.15, 0.2) is 0 Å². The summed E-state index contributed by atoms with van der Waals surface area (Å²) in [5, 5.41) is 8.97. The standard InChI is InChI=1S/C17H29NO/c1-14(2)3-4-16-11-17(12-16)13-18-8-5-15(6-9-18)7-10-19/h14-17,19H,5-13H2,1-2H3. The summed E-state index contributed by atoms with van der Waals surface area (Å²) in [6, 6.07) is 0. The molecule has 108 valence electrons. The van der Waals surface area contributed by atoms with Gasteiger partial charge in [0.15, 0.2) is 0 Å². The van der Waals surface area contributed by atoms with E-state index in [1.54, 1.807) is 0 Å². The van der Waals surface area contributed by atoms with Crippen LogP contribution in [0.25, 0.3) is 0 Å². The minimum atomic E-state index is 0.365. The molecule has 2 nitrogen and oxygen atoms in total. The number of aliphatic hydroxyl groups excluding tert-OH is 1. The molecule has 2 rings (SSSR count). The third kappa shape index (κ3) is 4.82. The van der Waals surface area contributed by atoms with Crippen molar-refractivity contribution in [3.63, 3.8) is 0 Å². The molecule has 1 aliphatic carbocycles. The topological polar surface area (TPSA) is 23.5 Å². The van der Waals surface area contributed by atoms with Crippen LogP contribution in [0.1, 0.15) is 46.0 Å². The quantitative estimate of drug-likeness (QED) is 0.788. The summed E-state index contributed by atoms with van der Waals surface area (Å²) in [6.45, 7) is 8.46. The van der Waals surface area contributed by atoms with E-state index < -0.39 is 0 Å². The Kier molecular flexibility index (Phi) is 5.73. The van der Waals surface area contributed by atoms with Gasteiger partial charge in [0.25, 0.3) is 0 Å². The second-order valence-corrected chi connectivity index (χ2v) is 6.73. The lowest BCUT2D eigenvalue weighted by Gasteiger charge is -2.39. The highest BCUT2D eigenvalue weighted by Gasteiger charge is 2.30. The first-order chi connectivity index (χ1) is 9.17. The molecule has 0 atom stereocenters. The Morgan fingerprint density at radius 1 is 1.16 bits per heavy atom. The molecule has 1 saturated carbocycles. The molecule has 0 aromatic heterocycles. The molecular formula is C17H29NO. The van der Waals surface area contributed by atoms with Gasteiger partial charge in [0, 0.05) is 25.0 Å². The molecule has 1 saturated heterocycles. The molecule has 1 heterocycles. The van der Waals surface area contributed by atoms with E-state index in [0.29, 0.717) is 18.4 Å². The van der Waals surface area contributed by atoms with Crippen LogP contribution in [0, 0.1) is 35.5 Å². The average Bonchev–Trinajstić information content (AvgIpc) is 2.34. The van der Waals surface area contributed by atoms with Crippen molar-refractivity contribution in [3.05, 3.63) is 0 Å². The van der Waals surface area contributed by atoms with Crippen molar-refractivity contribution in [2.45, 2.75) is 46.0 Å². The fraction of sp³-hybridized carbons (Fsp3) is 0.882. The minimum absolute atomic E-state index is 0.365. The van der Waals surface area contributed by atoms with Gasteiger partial charge in [0.1, 0.15) is 0 Å². The number of nitrogens with zero attached hydrogens (tertiary/aromatic N) is 1. The predicted octanol–water partition coefficient (Wildman–Crippen LogP) is 2.77. The molecule has 0 spiro atoms. The molecule has 0 radical (unpaired) electrons. The summed E-state index contributed by atoms with van der Waals surface area (Å²) in [4.78, 5) is 2.63. The van der Waals surface area contributed by atoms with E-state index in [4.69, 9.17) is 5.11 Å². The lowest BCUT2D eigenvalue weighted by molar-refractivity contribution is 0.107. The predicted molar refractivity (Wildman–Crippen MR) is 79.7 cm³/mol. The highest BCUT2D eigenvalue weighted by atomic mass is 16.3. The summed E-state index contributed by atoms with van der Waals surface area (Å²) in [6.07, 6.45) is 6.20. The maximum atomic E-state index is 8.97. The van der Waals surface area contributed by atoms with E-state index in [1.807, 2.05) is 0 Å². The SMILES string of the molecule is CC(C)C#CC1CC(CN2CCC(CCO)CC2)C1. The largest absolute Gasteiger partial charge is 0.396 e. The molecule has 2 heteroatoms. The zero-order valence-electron chi connectivity index (χ0n) is 12.6. The number of likely N-dealkylation sites (tertiary alicyclic amines) is 1. The van der Waals surface area contributed by atoms with Crippen molar-refractivity contribution in [2.24, 2.45) is 23.7 Å². The maximum absolute atomic E-state index is 8.97. The van der Waals surface area contributed by atoms with E-state index in [9.17, 15) is 0 Å². The second-order valence-electron chi connectivity index (χ2n) is 6.73. The third-order valence-electron chi connectivity index (χ3n) is 4.57. The van der Waals surface area contributed by atoms with Crippen LogP contribution in [0.5, 0.6) is 0 Å². The highest BCUT2D eigenvalue weighted by Crippen LogP contribution is 2.34. The Bertz CT molecular complexity index is 314. The van der Waals surface area contributed by atoms with Crippen molar-refractivity contribution in [3.8, 4) is 11.8 Å². The van der Waals surface area contributed by atoms with Crippen LogP contribution in [0.2, 0.25) is 0 Å². The van der Waals surface area contributed by atoms with Crippen molar-refractivity contribution >= 4 is 0 Å². The molecule has 0 bridgehead atoms. The third-order valence-corrected chi connectivity index (χ3v) is 4.57. The van der Waals surface area contributed by atoms with Gasteiger partial charge in [-0.2, -0.15) is 0 Å². The molecule has 0 aromatic rings. The molecule has 2 fully saturated rings. The van der Waals surface area contributed by atoms with Gasteiger partial charge >= 0.3 is 0 Å². The Labute approximate surface area is 118 Å². The van der Waals surface area contributed by atoms with Crippen LogP contribution in [0.3, 0.4) is 0 Å². The van der Waals surface area contributed by atoms with Crippen LogP contribution < -0.4 is 0 Å². The Balaban J connectivity index is 1.60. The van der Waals surface area contributed by atoms with E-state index >= 15 is 0 Å². The van der Waals surface area contributed by atoms with Gasteiger partial charge < -0.3 is 10.0 Å². The zero-order valence-corrected chi connectivity index (χ0v) is 12.6. The monoisotopic (exact) mass is 263 g/mol. The fourth-order valence-corrected chi connectivity index (χ4v) is 3.29. The van der Waals surface area contributed by atoms with Crippen molar-refractivity contribution in [1.82, 2.24) is 4.90 Å². The normalized spacial score (nSPS) is 28.8. The maximum Gasteiger partial charge on any atom is 0.0433 e. The average molecular weight is 263 g/mol. The Morgan fingerprint density at radius 2 is 1.84 bits per heavy atom. The fourth-order valence-electron chi connectivity index (χ4n) is 3.29. The first kappa shape index (κ1) is 14.9. The van der Waals surface area contributed by atoms with Crippen LogP contribution in [0.4, 0.5) is 0 Å². The van der Waals surface area contributed by atoms with E-state index in [-0.39, 0.29) is 0 Å². The van der Waals surface area contributed by atoms with Gasteiger partial charge in [0.2, 0.25) is 0 Å². The smallest absolute Gasteiger partial charge is 0.0433 e. The van der Waals surface area contributed by atoms with Crippen molar-refractivity contribution in [1.29, 1.82) is 0 Å². The van der Waals surface area contributed by atoms with Gasteiger partial charge in [-0.25, -0.2) is 0 Å². The molecule has 1 N–H and O–H groups in total. The second kappa shape index (κ2) is 7.31. The van der Waals surface area contributed by atoms with Crippen molar-refractivity contribution < 1.29 is 5.11 Å². The molecule has 0 aromatic carbocycles. The first-order valence-electron chi connectivity index (χ1n) is 8.01. The van der Waals surface area contributed by atoms with E-state index in [0.717, 1.165) is 18.3 Å². The number of hydrogen-bond donors (Lipinski definition) is 1. The Hall–Kier alpha value is -0.520. The summed E-state index contributed by atoms with van der Waals surface area (Å²) in [5.74, 6) is 9.58. The van der Waals surface area contributed by atoms with E-state index in [2.05, 4.69) is 30.6 Å². The summed E-state index contributed by atoms with van der Waals surface area (Å²) in [7, 11) is 0. The minimum Gasteiger partial charge on any atom is -0.396 e. The molecule has 2 aliphatic rings. The summed E-state index contributed by atoms with van der Waals surface area (Å²) in [5.41, 5.74) is 0. The first-order valence-corrected chi connectivity index (χ1v) is 8.01. The number of rotatable bonds is 4. The molecule has 19 heavy (non-hydrogen) atoms. The lowest BCUT2D eigenvalue weighted by atomic mass is 9.74. The van der Waals surface area contributed by atoms with Gasteiger partial charge in [-0.3, -0.25) is 0 Å². The molecule has 0 unspecified atom stereocenters. The summed E-state index contributed by atoms with van der Waals surface area (Å²) >= 11 is 0. The number of hydrogen-bond acceptors (Lipinski definition) is 2. The highest BCUT2D eigenvalue weighted by molar-refractivity contribution is 5.09. The Morgan fingerprint density at radius 3 is 2.42 bits per heavy atom. The van der Waals surface area contributed by atoms with E-state index in [1.165, 1.54) is 45.3 Å². The van der Waals surface area contributed by atoms with Crippen LogP contribution >= 0.6 is 0 Å². The number of aliphatic hydroxyl groups is 1. The molecule has 0 amide bonds. The van der Waals surface area contributed by atoms with Crippen LogP contribution in [-0.4, -0.2) is 36.2 Å². The van der Waals surface area contributed by atoms with Crippen LogP contribution in [-0.2, 0) is 0 Å². The van der Waals surface area contributed by atoms with Gasteiger partial charge in [-0.1, -0.05) is 19.8 Å². The lowest BCUT2D eigenvalue weighted by Crippen LogP contribution is -2.40. The van der Waals surface area contributed by atoms with Gasteiger partial charge in [0.05, 0.1) is 0 Å². The summed E-state index contributed by atoms with van der Waals surface area (Å²) < 4.78 is 0. The molecular weight excluding hydrogens is 234 g/mol. The molecule has 1 aliphatic heterocycles. The van der Waals surface area contributed by atoms with Crippen molar-refractivity contribution in [2.75, 3.05) is 26.2 Å². The zero-order chi connectivity index (χ0) is 13.7. The van der Waals surface area contributed by atoms with Gasteiger partial charge in [-0.05, 0) is 57.0 Å². The van der Waals surface area contributed by atoms with Gasteiger partial charge in [-0.15, -0.1) is 5.92 Å². The number of piperidine rings is 1.